The van der Waals surface area contributed by atoms with Gasteiger partial charge in [0.2, 0.25) is 6.79 Å². The predicted octanol–water partition coefficient (Wildman–Crippen LogP) is 5.79. The monoisotopic (exact) mass is 603 g/mol. The highest BCUT2D eigenvalue weighted by Gasteiger charge is 2.24. The quantitative estimate of drug-likeness (QED) is 0.233. The first-order valence-electron chi connectivity index (χ1n) is 14.9. The molecule has 232 valence electrons. The van der Waals surface area contributed by atoms with Crippen LogP contribution in [0.1, 0.15) is 60.5 Å². The van der Waals surface area contributed by atoms with Crippen molar-refractivity contribution >= 4 is 17.8 Å². The molecule has 44 heavy (non-hydrogen) atoms. The lowest BCUT2D eigenvalue weighted by Gasteiger charge is -2.31. The van der Waals surface area contributed by atoms with Crippen molar-refractivity contribution in [1.82, 2.24) is 4.90 Å². The van der Waals surface area contributed by atoms with E-state index in [2.05, 4.69) is 6.92 Å². The molecule has 2 aliphatic heterocycles. The van der Waals surface area contributed by atoms with Crippen LogP contribution in [0.2, 0.25) is 0 Å². The van der Waals surface area contributed by atoms with Crippen LogP contribution in [0.5, 0.6) is 23.0 Å². The molecular formula is C34H37NO9. The summed E-state index contributed by atoms with van der Waals surface area (Å²) >= 11 is 0. The molecule has 2 heterocycles. The molecule has 0 radical (unpaired) electrons. The van der Waals surface area contributed by atoms with Crippen LogP contribution in [0.25, 0.3) is 11.1 Å². The fourth-order valence-corrected chi connectivity index (χ4v) is 5.57. The third-order valence-corrected chi connectivity index (χ3v) is 7.81. The second-order valence-corrected chi connectivity index (χ2v) is 11.2. The van der Waals surface area contributed by atoms with Crippen molar-refractivity contribution in [3.8, 4) is 34.1 Å². The Kier molecular flexibility index (Phi) is 9.89. The number of carboxylic acids is 2. The Labute approximate surface area is 256 Å². The van der Waals surface area contributed by atoms with E-state index in [-0.39, 0.29) is 45.2 Å². The molecular weight excluding hydrogens is 566 g/mol. The Morgan fingerprint density at radius 2 is 1.75 bits per heavy atom. The zero-order valence-electron chi connectivity index (χ0n) is 24.8. The molecule has 3 aromatic rings. The lowest BCUT2D eigenvalue weighted by molar-refractivity contribution is -0.138. The van der Waals surface area contributed by atoms with E-state index in [1.807, 2.05) is 41.3 Å². The standard InChI is InChI=1S/C34H37NO9/c1-22-5-3-13-35(19-22)34(40)26-15-25(23-9-11-30-31(18-23)44-21-43-30)16-27(17-26)42-20-24-6-2-7-29(28(24)10-12-33(38)39)41-14-4-8-32(36)37/h2,6-7,9,11,15-18,22H,3-5,8,10,12-14,19-21H2,1H3,(H,36,37)(H,38,39). The number of likely N-dealkylation sites (tertiary alicyclic amines) is 1. The molecule has 2 aliphatic rings. The van der Waals surface area contributed by atoms with Crippen molar-refractivity contribution in [2.75, 3.05) is 26.5 Å². The normalized spacial score (nSPS) is 15.6. The second-order valence-electron chi connectivity index (χ2n) is 11.2. The second kappa shape index (κ2) is 14.2. The van der Waals surface area contributed by atoms with Crippen molar-refractivity contribution < 1.29 is 43.5 Å². The number of carboxylic acid groups (broad SMARTS) is 2. The number of piperidine rings is 1. The Hall–Kier alpha value is -4.73. The SMILES string of the molecule is CC1CCCN(C(=O)c2cc(OCc3cccc(OCCCC(=O)O)c3CCC(=O)O)cc(-c3ccc4c(c3)OCO4)c2)C1. The third-order valence-electron chi connectivity index (χ3n) is 7.81. The van der Waals surface area contributed by atoms with E-state index in [0.29, 0.717) is 59.6 Å². The predicted molar refractivity (Wildman–Crippen MR) is 161 cm³/mol. The smallest absolute Gasteiger partial charge is 0.303 e. The Balaban J connectivity index is 1.42. The van der Waals surface area contributed by atoms with Crippen LogP contribution in [0, 0.1) is 5.92 Å². The fraction of sp³-hybridized carbons (Fsp3) is 0.382. The number of rotatable bonds is 13. The summed E-state index contributed by atoms with van der Waals surface area (Å²) in [4.78, 5) is 37.9. The minimum Gasteiger partial charge on any atom is -0.493 e. The Bertz CT molecular complexity index is 1520. The average molecular weight is 604 g/mol. The van der Waals surface area contributed by atoms with E-state index >= 15 is 0 Å². The number of aliphatic carboxylic acids is 2. The molecule has 1 atom stereocenters. The van der Waals surface area contributed by atoms with Crippen molar-refractivity contribution in [3.63, 3.8) is 0 Å². The van der Waals surface area contributed by atoms with E-state index in [4.69, 9.17) is 24.1 Å². The van der Waals surface area contributed by atoms with Gasteiger partial charge in [-0.15, -0.1) is 0 Å². The van der Waals surface area contributed by atoms with Crippen LogP contribution >= 0.6 is 0 Å². The summed E-state index contributed by atoms with van der Waals surface area (Å²) in [6.45, 7) is 4.03. The van der Waals surface area contributed by atoms with Gasteiger partial charge in [-0.25, -0.2) is 0 Å². The van der Waals surface area contributed by atoms with Gasteiger partial charge in [0.05, 0.1) is 6.61 Å². The molecule has 3 aromatic carbocycles. The molecule has 0 aliphatic carbocycles. The molecule has 5 rings (SSSR count). The van der Waals surface area contributed by atoms with Gasteiger partial charge in [0.25, 0.3) is 5.91 Å². The summed E-state index contributed by atoms with van der Waals surface area (Å²) in [5, 5.41) is 18.3. The number of hydrogen-bond acceptors (Lipinski definition) is 7. The zero-order chi connectivity index (χ0) is 31.1. The molecule has 0 bridgehead atoms. The van der Waals surface area contributed by atoms with Gasteiger partial charge in [0, 0.05) is 37.1 Å². The summed E-state index contributed by atoms with van der Waals surface area (Å²) in [7, 11) is 0. The number of amides is 1. The zero-order valence-corrected chi connectivity index (χ0v) is 24.8. The molecule has 1 unspecified atom stereocenters. The summed E-state index contributed by atoms with van der Waals surface area (Å²) in [5.41, 5.74) is 3.59. The highest BCUT2D eigenvalue weighted by atomic mass is 16.7. The van der Waals surface area contributed by atoms with E-state index in [0.717, 1.165) is 29.5 Å². The minimum atomic E-state index is -0.941. The highest BCUT2D eigenvalue weighted by molar-refractivity contribution is 5.96. The average Bonchev–Trinajstić information content (AvgIpc) is 3.49. The van der Waals surface area contributed by atoms with Crippen LogP contribution in [0.3, 0.4) is 0 Å². The summed E-state index contributed by atoms with van der Waals surface area (Å²) in [6, 6.07) is 16.5. The van der Waals surface area contributed by atoms with Crippen LogP contribution in [-0.4, -0.2) is 59.4 Å². The van der Waals surface area contributed by atoms with E-state index in [1.54, 1.807) is 18.2 Å². The number of carbonyl (C=O) groups is 3. The first-order chi connectivity index (χ1) is 21.3. The molecule has 0 aromatic heterocycles. The van der Waals surface area contributed by atoms with Gasteiger partial charge in [-0.1, -0.05) is 25.1 Å². The van der Waals surface area contributed by atoms with Gasteiger partial charge in [-0.05, 0) is 84.7 Å². The molecule has 2 N–H and O–H groups in total. The summed E-state index contributed by atoms with van der Waals surface area (Å²) in [5.74, 6) is 0.828. The lowest BCUT2D eigenvalue weighted by atomic mass is 9.98. The van der Waals surface area contributed by atoms with Crippen LogP contribution < -0.4 is 18.9 Å². The van der Waals surface area contributed by atoms with Gasteiger partial charge in [-0.3, -0.25) is 14.4 Å². The summed E-state index contributed by atoms with van der Waals surface area (Å²) in [6.07, 6.45) is 2.48. The van der Waals surface area contributed by atoms with Crippen molar-refractivity contribution in [3.05, 3.63) is 71.3 Å². The molecule has 10 nitrogen and oxygen atoms in total. The van der Waals surface area contributed by atoms with Crippen molar-refractivity contribution in [1.29, 1.82) is 0 Å². The number of hydrogen-bond donors (Lipinski definition) is 2. The molecule has 1 saturated heterocycles. The van der Waals surface area contributed by atoms with Gasteiger partial charge < -0.3 is 34.1 Å². The van der Waals surface area contributed by atoms with Gasteiger partial charge in [0.1, 0.15) is 18.1 Å². The van der Waals surface area contributed by atoms with Crippen LogP contribution in [-0.2, 0) is 22.6 Å². The van der Waals surface area contributed by atoms with E-state index in [1.165, 1.54) is 0 Å². The van der Waals surface area contributed by atoms with Crippen LogP contribution in [0.4, 0.5) is 0 Å². The first-order valence-corrected chi connectivity index (χ1v) is 14.9. The molecule has 0 spiro atoms. The number of carbonyl (C=O) groups excluding carboxylic acids is 1. The van der Waals surface area contributed by atoms with Gasteiger partial charge in [-0.2, -0.15) is 0 Å². The largest absolute Gasteiger partial charge is 0.493 e. The van der Waals surface area contributed by atoms with E-state index in [9.17, 15) is 19.5 Å². The summed E-state index contributed by atoms with van der Waals surface area (Å²) < 4.78 is 23.2. The maximum Gasteiger partial charge on any atom is 0.303 e. The minimum absolute atomic E-state index is 0.0234. The van der Waals surface area contributed by atoms with Gasteiger partial charge >= 0.3 is 11.9 Å². The molecule has 1 fully saturated rings. The Morgan fingerprint density at radius 1 is 0.932 bits per heavy atom. The van der Waals surface area contributed by atoms with Crippen molar-refractivity contribution in [2.24, 2.45) is 5.92 Å². The first kappa shape index (κ1) is 30.7. The fourth-order valence-electron chi connectivity index (χ4n) is 5.57. The van der Waals surface area contributed by atoms with Gasteiger partial charge in [0.15, 0.2) is 11.5 Å². The topological polar surface area (TPSA) is 132 Å². The van der Waals surface area contributed by atoms with Crippen LogP contribution in [0.15, 0.2) is 54.6 Å². The number of fused-ring (bicyclic) bond motifs is 1. The molecule has 1 amide bonds. The van der Waals surface area contributed by atoms with E-state index < -0.39 is 11.9 Å². The number of ether oxygens (including phenoxy) is 4. The molecule has 10 heteroatoms. The third kappa shape index (κ3) is 7.80. The maximum absolute atomic E-state index is 13.7. The molecule has 0 saturated carbocycles. The van der Waals surface area contributed by atoms with Crippen molar-refractivity contribution in [2.45, 2.75) is 52.1 Å². The maximum atomic E-state index is 13.7. The lowest BCUT2D eigenvalue weighted by Crippen LogP contribution is -2.39. The number of nitrogens with zero attached hydrogens (tertiary/aromatic N) is 1. The number of benzene rings is 3. The highest BCUT2D eigenvalue weighted by Crippen LogP contribution is 2.37. The Morgan fingerprint density at radius 3 is 2.55 bits per heavy atom.